The van der Waals surface area contributed by atoms with Crippen LogP contribution in [0.4, 0.5) is 0 Å². The highest BCUT2D eigenvalue weighted by Crippen LogP contribution is 2.36. The first kappa shape index (κ1) is 86.8. The lowest BCUT2D eigenvalue weighted by Gasteiger charge is -2.50. The largest absolute Gasteiger partial charge is 0.394 e. The number of hydrogen-bond acceptors (Lipinski definition) is 28. The minimum absolute atomic E-state index is 0.169. The standard InChI is InChI=1S/C68H123N3O28/c1-5-7-9-11-13-15-17-19-21-23-25-27-29-31-42(78)41(71-48(79)32-30-28-26-24-22-20-18-16-14-12-10-8-6-2)37-90-66-58(87)57(86)61(46(36-75)95-66)97-68-60(89)63(54(83)47(96-68)38-91-64-49(69-39(3)76)55(84)51(80)43(33-72)92-64)99-67-59(88)62(53(82)45(35-74)94-67)98-65-50(70-40(4)77)56(85)52(81)44(34-73)93-65/h29,31,41-47,49-68,72-75,78,80-89H,5-28,30,32-38H2,1-4H3,(H,69,76)(H,70,77)(H,71,79)/b31-29+/t41-,42+,43?,44?,45?,46?,47?,49?,50?,51+,52-,53-,54-,55+,56+,57+,58?,59?,60?,61+,62-,63-,64+,65-,66+,67+,68-/m0/s1. The van der Waals surface area contributed by atoms with Gasteiger partial charge in [-0.1, -0.05) is 167 Å². The van der Waals surface area contributed by atoms with E-state index >= 15 is 0 Å². The lowest BCUT2D eigenvalue weighted by atomic mass is 9.94. The lowest BCUT2D eigenvalue weighted by Crippen LogP contribution is -2.69. The third-order valence-electron chi connectivity index (χ3n) is 19.1. The highest BCUT2D eigenvalue weighted by atomic mass is 16.8. The summed E-state index contributed by atoms with van der Waals surface area (Å²) in [5.41, 5.74) is 0. The molecule has 3 amide bonds. The number of hydrogen-bond donors (Lipinski definition) is 18. The van der Waals surface area contributed by atoms with Gasteiger partial charge in [-0.25, -0.2) is 0 Å². The van der Waals surface area contributed by atoms with Gasteiger partial charge in [-0.15, -0.1) is 0 Å². The van der Waals surface area contributed by atoms with E-state index in [2.05, 4.69) is 29.8 Å². The van der Waals surface area contributed by atoms with E-state index < -0.39 is 217 Å². The first-order chi connectivity index (χ1) is 47.5. The second-order valence-corrected chi connectivity index (χ2v) is 27.2. The van der Waals surface area contributed by atoms with Crippen molar-refractivity contribution in [2.24, 2.45) is 0 Å². The molecule has 18 N–H and O–H groups in total. The Bertz CT molecular complexity index is 2240. The summed E-state index contributed by atoms with van der Waals surface area (Å²) in [4.78, 5) is 38.1. The third kappa shape index (κ3) is 27.5. The van der Waals surface area contributed by atoms with Crippen LogP contribution in [0, 0.1) is 0 Å². The SMILES string of the molecule is CCCCCCCCCCCCC/C=C/[C@@H](O)[C@H](CO[C@@H]1OC(CO)[C@@H](O[C@@H]2OC(CO[C@@H]3OC(CO)[C@@H](O)[C@H](O)C3NC(C)=O)[C@H](O)[C@H](O[C@H]3OC(CO)[C@H](O)[C@H](O[C@@H]4OC(CO)[C@H](O)[C@H](O)C4NC(C)=O)C3O)C2O)[C@H](O)C1O)NC(=O)CCCCCCCCCCCCCCC. The van der Waals surface area contributed by atoms with Crippen LogP contribution in [-0.4, -0.2) is 300 Å². The molecule has 0 aliphatic carbocycles. The molecule has 27 atom stereocenters. The van der Waals surface area contributed by atoms with E-state index in [1.54, 1.807) is 6.08 Å². The number of ether oxygens (including phenoxy) is 10. The Labute approximate surface area is 582 Å². The molecule has 0 aromatic carbocycles. The zero-order chi connectivity index (χ0) is 72.6. The van der Waals surface area contributed by atoms with Crippen molar-refractivity contribution in [1.29, 1.82) is 0 Å². The molecule has 10 unspecified atom stereocenters. The molecular weight excluding hydrogens is 1310 g/mol. The summed E-state index contributed by atoms with van der Waals surface area (Å²) in [6.45, 7) is 1.54. The number of aliphatic hydroxyl groups is 15. The molecule has 0 saturated carbocycles. The predicted molar refractivity (Wildman–Crippen MR) is 352 cm³/mol. The molecule has 0 spiro atoms. The molecule has 5 saturated heterocycles. The van der Waals surface area contributed by atoms with E-state index in [-0.39, 0.29) is 12.3 Å². The number of carbonyl (C=O) groups is 3. The number of nitrogens with one attached hydrogen (secondary N) is 3. The van der Waals surface area contributed by atoms with Crippen molar-refractivity contribution in [1.82, 2.24) is 16.0 Å². The molecule has 5 aliphatic rings. The topological polar surface area (TPSA) is 483 Å². The normalized spacial score (nSPS) is 35.8. The van der Waals surface area contributed by atoms with Crippen molar-refractivity contribution < 1.29 is 138 Å². The van der Waals surface area contributed by atoms with Crippen LogP contribution < -0.4 is 16.0 Å². The van der Waals surface area contributed by atoms with Crippen LogP contribution in [0.5, 0.6) is 0 Å². The molecule has 99 heavy (non-hydrogen) atoms. The van der Waals surface area contributed by atoms with E-state index in [1.165, 1.54) is 96.3 Å². The van der Waals surface area contributed by atoms with Gasteiger partial charge in [-0.2, -0.15) is 0 Å². The third-order valence-corrected chi connectivity index (χ3v) is 19.1. The fourth-order valence-corrected chi connectivity index (χ4v) is 13.2. The van der Waals surface area contributed by atoms with Crippen molar-refractivity contribution in [3.63, 3.8) is 0 Å². The Kier molecular flexibility index (Phi) is 41.1. The van der Waals surface area contributed by atoms with Crippen LogP contribution >= 0.6 is 0 Å². The number of allylic oxidation sites excluding steroid dienone is 1. The fraction of sp³-hybridized carbons (Fsp3) is 0.926. The summed E-state index contributed by atoms with van der Waals surface area (Å²) in [6, 6.07) is -4.21. The smallest absolute Gasteiger partial charge is 0.220 e. The first-order valence-corrected chi connectivity index (χ1v) is 36.4. The molecule has 5 rings (SSSR count). The quantitative estimate of drug-likeness (QED) is 0.0256. The van der Waals surface area contributed by atoms with Crippen LogP contribution in [0.1, 0.15) is 195 Å². The number of rotatable bonds is 47. The van der Waals surface area contributed by atoms with Crippen LogP contribution in [0.25, 0.3) is 0 Å². The van der Waals surface area contributed by atoms with E-state index in [0.717, 1.165) is 65.2 Å². The maximum atomic E-state index is 13.5. The van der Waals surface area contributed by atoms with Crippen LogP contribution in [0.2, 0.25) is 0 Å². The van der Waals surface area contributed by atoms with Gasteiger partial charge < -0.3 is 140 Å². The first-order valence-electron chi connectivity index (χ1n) is 36.4. The summed E-state index contributed by atoms with van der Waals surface area (Å²) in [6.07, 6.45) is -13.1. The summed E-state index contributed by atoms with van der Waals surface area (Å²) in [5, 5.41) is 175. The zero-order valence-electron chi connectivity index (χ0n) is 58.4. The molecule has 0 aromatic rings. The van der Waals surface area contributed by atoms with Crippen LogP contribution in [0.3, 0.4) is 0 Å². The average molecular weight is 1430 g/mol. The molecule has 0 aromatic heterocycles. The Morgan fingerprint density at radius 2 is 0.788 bits per heavy atom. The Hall–Kier alpha value is -2.85. The number of aliphatic hydroxyl groups excluding tert-OH is 15. The maximum Gasteiger partial charge on any atom is 0.220 e. The molecule has 31 heteroatoms. The molecule has 31 nitrogen and oxygen atoms in total. The van der Waals surface area contributed by atoms with Crippen molar-refractivity contribution >= 4 is 17.7 Å². The van der Waals surface area contributed by atoms with Crippen LogP contribution in [-0.2, 0) is 61.8 Å². The Morgan fingerprint density at radius 1 is 0.404 bits per heavy atom. The number of carbonyl (C=O) groups excluding carboxylic acids is 3. The summed E-state index contributed by atoms with van der Waals surface area (Å²) in [5.74, 6) is -1.82. The van der Waals surface area contributed by atoms with Crippen molar-refractivity contribution in [2.75, 3.05) is 39.6 Å². The molecule has 0 bridgehead atoms. The van der Waals surface area contributed by atoms with Gasteiger partial charge in [0, 0.05) is 20.3 Å². The fourth-order valence-electron chi connectivity index (χ4n) is 13.2. The van der Waals surface area contributed by atoms with Crippen LogP contribution in [0.15, 0.2) is 12.2 Å². The van der Waals surface area contributed by atoms with Crippen molar-refractivity contribution in [3.05, 3.63) is 12.2 Å². The van der Waals surface area contributed by atoms with Gasteiger partial charge in [-0.3, -0.25) is 14.4 Å². The van der Waals surface area contributed by atoms with Gasteiger partial charge in [0.15, 0.2) is 31.5 Å². The molecule has 0 radical (unpaired) electrons. The monoisotopic (exact) mass is 1430 g/mol. The maximum absolute atomic E-state index is 13.5. The van der Waals surface area contributed by atoms with E-state index in [1.807, 2.05) is 6.08 Å². The van der Waals surface area contributed by atoms with E-state index in [4.69, 9.17) is 47.4 Å². The van der Waals surface area contributed by atoms with E-state index in [9.17, 15) is 91.0 Å². The van der Waals surface area contributed by atoms with Gasteiger partial charge in [0.2, 0.25) is 17.7 Å². The summed E-state index contributed by atoms with van der Waals surface area (Å²) in [7, 11) is 0. The van der Waals surface area contributed by atoms with Crippen molar-refractivity contribution in [3.8, 4) is 0 Å². The molecule has 5 heterocycles. The highest BCUT2D eigenvalue weighted by molar-refractivity contribution is 5.76. The molecule has 5 fully saturated rings. The molecule has 5 aliphatic heterocycles. The zero-order valence-corrected chi connectivity index (χ0v) is 58.4. The van der Waals surface area contributed by atoms with Gasteiger partial charge >= 0.3 is 0 Å². The predicted octanol–water partition coefficient (Wildman–Crippen LogP) is -1.03. The lowest BCUT2D eigenvalue weighted by molar-refractivity contribution is -0.390. The Morgan fingerprint density at radius 3 is 1.26 bits per heavy atom. The second-order valence-electron chi connectivity index (χ2n) is 27.2. The summed E-state index contributed by atoms with van der Waals surface area (Å²) < 4.78 is 59.2. The number of unbranched alkanes of at least 4 members (excludes halogenated alkanes) is 23. The van der Waals surface area contributed by atoms with Gasteiger partial charge in [0.25, 0.3) is 0 Å². The minimum Gasteiger partial charge on any atom is -0.394 e. The van der Waals surface area contributed by atoms with E-state index in [0.29, 0.717) is 12.8 Å². The van der Waals surface area contributed by atoms with Crippen molar-refractivity contribution in [2.45, 2.75) is 360 Å². The summed E-state index contributed by atoms with van der Waals surface area (Å²) >= 11 is 0. The molecule has 578 valence electrons. The van der Waals surface area contributed by atoms with Gasteiger partial charge in [0.1, 0.15) is 122 Å². The molecular formula is C68H123N3O28. The van der Waals surface area contributed by atoms with Gasteiger partial charge in [-0.05, 0) is 19.3 Å². The highest BCUT2D eigenvalue weighted by Gasteiger charge is 2.57. The second kappa shape index (κ2) is 46.9. The number of amides is 3. The van der Waals surface area contributed by atoms with Gasteiger partial charge in [0.05, 0.1) is 51.8 Å². The minimum atomic E-state index is -2.27. The Balaban J connectivity index is 1.32. The average Bonchev–Trinajstić information content (AvgIpc) is 0.793.